The summed E-state index contributed by atoms with van der Waals surface area (Å²) in [4.78, 5) is 13.6. The Bertz CT molecular complexity index is 392. The molecule has 3 N–H and O–H groups in total. The Balaban J connectivity index is 1.86. The maximum atomic E-state index is 12.0. The minimum absolute atomic E-state index is 0.0202. The number of nitrogens with zero attached hydrogens (tertiary/aromatic N) is 1. The Kier molecular flexibility index (Phi) is 3.70. The molecular weight excluding hydrogens is 242 g/mol. The largest absolute Gasteiger partial charge is 0.340 e. The Morgan fingerprint density at radius 1 is 1.35 bits per heavy atom. The Morgan fingerprint density at radius 3 is 2.65 bits per heavy atom. The molecule has 0 aromatic heterocycles. The predicted molar refractivity (Wildman–Crippen MR) is 63.7 cm³/mol. The maximum absolute atomic E-state index is 12.0. The van der Waals surface area contributed by atoms with E-state index in [4.69, 9.17) is 5.14 Å². The molecule has 1 amide bonds. The molecule has 0 aromatic rings. The lowest BCUT2D eigenvalue weighted by molar-refractivity contribution is -0.135. The van der Waals surface area contributed by atoms with Gasteiger partial charge in [-0.05, 0) is 25.7 Å². The quantitative estimate of drug-likeness (QED) is 0.665. The van der Waals surface area contributed by atoms with E-state index in [-0.39, 0.29) is 24.2 Å². The molecule has 0 spiro atoms. The van der Waals surface area contributed by atoms with Crippen molar-refractivity contribution >= 4 is 15.9 Å². The lowest BCUT2D eigenvalue weighted by Gasteiger charge is -2.32. The zero-order valence-electron chi connectivity index (χ0n) is 9.76. The topological polar surface area (TPSA) is 92.5 Å². The van der Waals surface area contributed by atoms with Crippen molar-refractivity contribution in [1.29, 1.82) is 0 Å². The number of hydrogen-bond donors (Lipinski definition) is 2. The van der Waals surface area contributed by atoms with Crippen molar-refractivity contribution in [2.45, 2.75) is 37.8 Å². The van der Waals surface area contributed by atoms with Gasteiger partial charge in [-0.1, -0.05) is 0 Å². The summed E-state index contributed by atoms with van der Waals surface area (Å²) in [6.07, 6.45) is 4.05. The van der Waals surface area contributed by atoms with Gasteiger partial charge in [0.15, 0.2) is 0 Å². The van der Waals surface area contributed by atoms with Crippen LogP contribution in [0, 0.1) is 0 Å². The van der Waals surface area contributed by atoms with Crippen LogP contribution in [0.2, 0.25) is 0 Å². The van der Waals surface area contributed by atoms with Gasteiger partial charge < -0.3 is 10.2 Å². The summed E-state index contributed by atoms with van der Waals surface area (Å²) < 4.78 is 21.7. The van der Waals surface area contributed by atoms with E-state index in [0.29, 0.717) is 12.6 Å². The number of nitrogens with two attached hydrogens (primary N) is 1. The highest BCUT2D eigenvalue weighted by atomic mass is 32.2. The third kappa shape index (κ3) is 3.93. The number of hydrogen-bond acceptors (Lipinski definition) is 4. The first kappa shape index (κ1) is 12.8. The molecule has 1 saturated heterocycles. The van der Waals surface area contributed by atoms with Crippen LogP contribution in [0.1, 0.15) is 25.7 Å². The molecule has 1 unspecified atom stereocenters. The average molecular weight is 261 g/mol. The van der Waals surface area contributed by atoms with E-state index in [1.807, 2.05) is 0 Å². The summed E-state index contributed by atoms with van der Waals surface area (Å²) in [6, 6.07) is 0.360. The van der Waals surface area contributed by atoms with Gasteiger partial charge in [0, 0.05) is 19.1 Å². The second-order valence-electron chi connectivity index (χ2n) is 4.83. The fourth-order valence-electron chi connectivity index (χ4n) is 2.09. The predicted octanol–water partition coefficient (Wildman–Crippen LogP) is -0.982. The van der Waals surface area contributed by atoms with E-state index in [2.05, 4.69) is 5.32 Å². The normalized spacial score (nSPS) is 26.3. The van der Waals surface area contributed by atoms with Crippen molar-refractivity contribution in [2.75, 3.05) is 18.8 Å². The maximum Gasteiger partial charge on any atom is 0.239 e. The summed E-state index contributed by atoms with van der Waals surface area (Å²) in [5.74, 6) is -0.138. The van der Waals surface area contributed by atoms with Gasteiger partial charge in [-0.25, -0.2) is 13.6 Å². The van der Waals surface area contributed by atoms with E-state index in [9.17, 15) is 13.2 Å². The highest BCUT2D eigenvalue weighted by Gasteiger charge is 2.33. The van der Waals surface area contributed by atoms with Crippen LogP contribution in [0.25, 0.3) is 0 Å². The molecule has 0 radical (unpaired) electrons. The lowest BCUT2D eigenvalue weighted by atomic mass is 10.0. The molecular formula is C10H19N3O3S. The molecule has 2 rings (SSSR count). The number of sulfonamides is 1. The number of likely N-dealkylation sites (tertiary alicyclic amines) is 1. The van der Waals surface area contributed by atoms with Gasteiger partial charge in [0.05, 0.1) is 11.8 Å². The van der Waals surface area contributed by atoms with Gasteiger partial charge in [-0.3, -0.25) is 4.79 Å². The number of primary sulfonamides is 1. The highest BCUT2D eigenvalue weighted by Crippen LogP contribution is 2.22. The van der Waals surface area contributed by atoms with Crippen molar-refractivity contribution in [3.05, 3.63) is 0 Å². The molecule has 2 fully saturated rings. The Morgan fingerprint density at radius 2 is 2.06 bits per heavy atom. The first-order valence-corrected chi connectivity index (χ1v) is 7.72. The average Bonchev–Trinajstić information content (AvgIpc) is 3.02. The molecule has 1 aliphatic carbocycles. The SMILES string of the molecule is NS(=O)(=O)CCN1CCCC(NC2CC2)C1=O. The van der Waals surface area contributed by atoms with Crippen molar-refractivity contribution in [2.24, 2.45) is 5.14 Å². The zero-order valence-corrected chi connectivity index (χ0v) is 10.6. The van der Waals surface area contributed by atoms with Crippen LogP contribution in [0.3, 0.4) is 0 Å². The molecule has 1 atom stereocenters. The van der Waals surface area contributed by atoms with E-state index in [1.165, 1.54) is 0 Å². The van der Waals surface area contributed by atoms with Gasteiger partial charge in [-0.15, -0.1) is 0 Å². The number of carbonyl (C=O) groups is 1. The van der Waals surface area contributed by atoms with Gasteiger partial charge in [0.2, 0.25) is 15.9 Å². The third-order valence-electron chi connectivity index (χ3n) is 3.19. The van der Waals surface area contributed by atoms with Crippen molar-refractivity contribution in [1.82, 2.24) is 10.2 Å². The van der Waals surface area contributed by atoms with Gasteiger partial charge in [-0.2, -0.15) is 0 Å². The van der Waals surface area contributed by atoms with Crippen LogP contribution in [-0.2, 0) is 14.8 Å². The number of piperidine rings is 1. The number of amides is 1. The van der Waals surface area contributed by atoms with Crippen LogP contribution in [-0.4, -0.2) is 50.2 Å². The minimum Gasteiger partial charge on any atom is -0.340 e. The minimum atomic E-state index is -3.49. The lowest BCUT2D eigenvalue weighted by Crippen LogP contribution is -2.52. The van der Waals surface area contributed by atoms with Crippen LogP contribution in [0.4, 0.5) is 0 Å². The number of rotatable bonds is 5. The van der Waals surface area contributed by atoms with Crippen LogP contribution in [0.5, 0.6) is 0 Å². The molecule has 0 bridgehead atoms. The van der Waals surface area contributed by atoms with Gasteiger partial charge >= 0.3 is 0 Å². The molecule has 2 aliphatic rings. The fraction of sp³-hybridized carbons (Fsp3) is 0.900. The van der Waals surface area contributed by atoms with Crippen molar-refractivity contribution in [3.63, 3.8) is 0 Å². The second kappa shape index (κ2) is 4.91. The third-order valence-corrected chi connectivity index (χ3v) is 3.94. The summed E-state index contributed by atoms with van der Waals surface area (Å²) in [5.41, 5.74) is 0. The number of carbonyl (C=O) groups excluding carboxylic acids is 1. The van der Waals surface area contributed by atoms with Gasteiger partial charge in [0.1, 0.15) is 0 Å². The summed E-state index contributed by atoms with van der Waals surface area (Å²) in [7, 11) is -3.49. The Labute approximate surface area is 102 Å². The van der Waals surface area contributed by atoms with Crippen LogP contribution >= 0.6 is 0 Å². The molecule has 0 aromatic carbocycles. The van der Waals surface area contributed by atoms with E-state index in [1.54, 1.807) is 4.90 Å². The van der Waals surface area contributed by atoms with Crippen molar-refractivity contribution in [3.8, 4) is 0 Å². The van der Waals surface area contributed by atoms with E-state index < -0.39 is 10.0 Å². The Hall–Kier alpha value is -0.660. The van der Waals surface area contributed by atoms with Crippen LogP contribution in [0.15, 0.2) is 0 Å². The molecule has 17 heavy (non-hydrogen) atoms. The molecule has 6 nitrogen and oxygen atoms in total. The van der Waals surface area contributed by atoms with Crippen LogP contribution < -0.4 is 10.5 Å². The fourth-order valence-corrected chi connectivity index (χ4v) is 2.56. The molecule has 98 valence electrons. The standard InChI is InChI=1S/C10H19N3O3S/c11-17(15,16)7-6-13-5-1-2-9(10(13)14)12-8-3-4-8/h8-9,12H,1-7H2,(H2,11,15,16). The monoisotopic (exact) mass is 261 g/mol. The molecule has 1 aliphatic heterocycles. The smallest absolute Gasteiger partial charge is 0.239 e. The zero-order chi connectivity index (χ0) is 12.5. The van der Waals surface area contributed by atoms with E-state index in [0.717, 1.165) is 25.7 Å². The molecule has 1 saturated carbocycles. The summed E-state index contributed by atoms with van der Waals surface area (Å²) >= 11 is 0. The second-order valence-corrected chi connectivity index (χ2v) is 6.56. The van der Waals surface area contributed by atoms with Crippen molar-refractivity contribution < 1.29 is 13.2 Å². The summed E-state index contributed by atoms with van der Waals surface area (Å²) in [5, 5.41) is 8.24. The first-order valence-electron chi connectivity index (χ1n) is 6.01. The highest BCUT2D eigenvalue weighted by molar-refractivity contribution is 7.89. The molecule has 1 heterocycles. The van der Waals surface area contributed by atoms with E-state index >= 15 is 0 Å². The molecule has 7 heteroatoms. The van der Waals surface area contributed by atoms with Gasteiger partial charge in [0.25, 0.3) is 0 Å². The first-order chi connectivity index (χ1) is 7.96. The summed E-state index contributed by atoms with van der Waals surface area (Å²) in [6.45, 7) is 0.845. The number of nitrogens with one attached hydrogen (secondary N) is 1.